The van der Waals surface area contributed by atoms with Crippen LogP contribution in [0.15, 0.2) is 24.3 Å². The van der Waals surface area contributed by atoms with Gasteiger partial charge in [0.2, 0.25) is 15.2 Å². The van der Waals surface area contributed by atoms with E-state index >= 15 is 0 Å². The lowest BCUT2D eigenvalue weighted by molar-refractivity contribution is 0.0217. The van der Waals surface area contributed by atoms with Crippen molar-refractivity contribution in [3.05, 3.63) is 24.3 Å². The average molecular weight is 455 g/mol. The number of para-hydroxylation sites is 1. The predicted octanol–water partition coefficient (Wildman–Crippen LogP) is 3.35. The van der Waals surface area contributed by atoms with Gasteiger partial charge in [-0.1, -0.05) is 23.5 Å². The predicted molar refractivity (Wildman–Crippen MR) is 115 cm³/mol. The Kier molecular flexibility index (Phi) is 6.51. The SMILES string of the molecule is COc1ccccc1-c1nnc(NS(=O)(=O)C2CCN(C(=O)OC(C)(C)C)CC2)s1. The maximum Gasteiger partial charge on any atom is 0.410 e. The van der Waals surface area contributed by atoms with Crippen molar-refractivity contribution in [3.8, 4) is 16.3 Å². The van der Waals surface area contributed by atoms with Gasteiger partial charge in [-0.15, -0.1) is 10.2 Å². The van der Waals surface area contributed by atoms with Crippen LogP contribution in [0, 0.1) is 0 Å². The smallest absolute Gasteiger partial charge is 0.410 e. The van der Waals surface area contributed by atoms with E-state index in [0.717, 1.165) is 16.9 Å². The van der Waals surface area contributed by atoms with Crippen LogP contribution in [0.25, 0.3) is 10.6 Å². The van der Waals surface area contributed by atoms with Crippen LogP contribution < -0.4 is 9.46 Å². The van der Waals surface area contributed by atoms with E-state index in [1.165, 1.54) is 0 Å². The molecule has 1 aromatic carbocycles. The van der Waals surface area contributed by atoms with Gasteiger partial charge in [0.25, 0.3) is 0 Å². The Labute approximate surface area is 180 Å². The van der Waals surface area contributed by atoms with Gasteiger partial charge in [-0.2, -0.15) is 0 Å². The number of nitrogens with one attached hydrogen (secondary N) is 1. The first kappa shape index (κ1) is 22.3. The molecule has 0 aliphatic carbocycles. The first-order chi connectivity index (χ1) is 14.1. The number of aromatic nitrogens is 2. The molecule has 1 N–H and O–H groups in total. The molecule has 1 amide bonds. The molecule has 1 fully saturated rings. The number of carbonyl (C=O) groups is 1. The zero-order valence-electron chi connectivity index (χ0n) is 17.4. The van der Waals surface area contributed by atoms with E-state index in [1.54, 1.807) is 38.8 Å². The number of nitrogens with zero attached hydrogens (tertiary/aromatic N) is 3. The van der Waals surface area contributed by atoms with E-state index in [1.807, 2.05) is 18.2 Å². The second kappa shape index (κ2) is 8.76. The summed E-state index contributed by atoms with van der Waals surface area (Å²) < 4.78 is 38.8. The minimum absolute atomic E-state index is 0.200. The second-order valence-corrected chi connectivity index (χ2v) is 10.9. The number of hydrogen-bond donors (Lipinski definition) is 1. The third kappa shape index (κ3) is 5.39. The highest BCUT2D eigenvalue weighted by molar-refractivity contribution is 7.93. The first-order valence-corrected chi connectivity index (χ1v) is 11.9. The highest BCUT2D eigenvalue weighted by atomic mass is 32.2. The molecule has 11 heteroatoms. The number of sulfonamides is 1. The lowest BCUT2D eigenvalue weighted by Gasteiger charge is -2.33. The van der Waals surface area contributed by atoms with Gasteiger partial charge in [-0.05, 0) is 45.7 Å². The second-order valence-electron chi connectivity index (χ2n) is 7.93. The zero-order valence-corrected chi connectivity index (χ0v) is 19.0. The van der Waals surface area contributed by atoms with Crippen molar-refractivity contribution in [2.24, 2.45) is 0 Å². The van der Waals surface area contributed by atoms with E-state index in [4.69, 9.17) is 9.47 Å². The van der Waals surface area contributed by atoms with E-state index in [2.05, 4.69) is 14.9 Å². The number of piperidine rings is 1. The van der Waals surface area contributed by atoms with Gasteiger partial charge < -0.3 is 14.4 Å². The lowest BCUT2D eigenvalue weighted by Crippen LogP contribution is -2.45. The molecule has 1 aliphatic rings. The third-order valence-corrected chi connectivity index (χ3v) is 7.35. The fraction of sp³-hybridized carbons (Fsp3) is 0.526. The number of hydrogen-bond acceptors (Lipinski definition) is 8. The summed E-state index contributed by atoms with van der Waals surface area (Å²) in [6.45, 7) is 6.04. The molecule has 0 unspecified atom stereocenters. The molecule has 1 aliphatic heterocycles. The van der Waals surface area contributed by atoms with Gasteiger partial charge in [-0.3, -0.25) is 4.72 Å². The van der Waals surface area contributed by atoms with Crippen LogP contribution in [-0.4, -0.2) is 60.7 Å². The van der Waals surface area contributed by atoms with Crippen molar-refractivity contribution in [2.45, 2.75) is 44.5 Å². The molecule has 164 valence electrons. The summed E-state index contributed by atoms with van der Waals surface area (Å²) in [5.41, 5.74) is 0.159. The zero-order chi connectivity index (χ0) is 21.9. The van der Waals surface area contributed by atoms with Crippen LogP contribution in [0.3, 0.4) is 0 Å². The van der Waals surface area contributed by atoms with Crippen LogP contribution in [0.4, 0.5) is 9.93 Å². The van der Waals surface area contributed by atoms with Crippen molar-refractivity contribution >= 4 is 32.6 Å². The molecular formula is C19H26N4O5S2. The van der Waals surface area contributed by atoms with Crippen molar-refractivity contribution in [1.29, 1.82) is 0 Å². The maximum absolute atomic E-state index is 12.8. The summed E-state index contributed by atoms with van der Waals surface area (Å²) >= 11 is 1.14. The van der Waals surface area contributed by atoms with Gasteiger partial charge in [0.1, 0.15) is 11.4 Å². The number of anilines is 1. The topological polar surface area (TPSA) is 111 Å². The molecule has 2 aromatic rings. The van der Waals surface area contributed by atoms with Crippen molar-refractivity contribution < 1.29 is 22.7 Å². The Morgan fingerprint density at radius 3 is 2.50 bits per heavy atom. The molecule has 2 heterocycles. The number of amides is 1. The van der Waals surface area contributed by atoms with Crippen LogP contribution in [0.2, 0.25) is 0 Å². The standard InChI is InChI=1S/C19H26N4O5S2/c1-19(2,3)28-18(24)23-11-9-13(10-12-23)30(25,26)22-17-21-20-16(29-17)14-7-5-6-8-15(14)27-4/h5-8,13H,9-12H2,1-4H3,(H,21,22). The van der Waals surface area contributed by atoms with E-state index in [-0.39, 0.29) is 5.13 Å². The quantitative estimate of drug-likeness (QED) is 0.737. The highest BCUT2D eigenvalue weighted by Gasteiger charge is 2.34. The van der Waals surface area contributed by atoms with Crippen LogP contribution in [0.5, 0.6) is 5.75 Å². The average Bonchev–Trinajstić information content (AvgIpc) is 3.14. The third-order valence-electron chi connectivity index (χ3n) is 4.52. The maximum atomic E-state index is 12.8. The van der Waals surface area contributed by atoms with Gasteiger partial charge in [0.05, 0.1) is 17.9 Å². The normalized spacial score (nSPS) is 15.7. The molecule has 0 saturated carbocycles. The fourth-order valence-electron chi connectivity index (χ4n) is 3.07. The summed E-state index contributed by atoms with van der Waals surface area (Å²) in [5, 5.41) is 8.20. The summed E-state index contributed by atoms with van der Waals surface area (Å²) in [7, 11) is -2.09. The Morgan fingerprint density at radius 1 is 1.20 bits per heavy atom. The molecule has 30 heavy (non-hydrogen) atoms. The molecule has 0 atom stereocenters. The fourth-order valence-corrected chi connectivity index (χ4v) is 5.50. The van der Waals surface area contributed by atoms with E-state index < -0.39 is 27.0 Å². The van der Waals surface area contributed by atoms with Crippen LogP contribution in [0.1, 0.15) is 33.6 Å². The van der Waals surface area contributed by atoms with Gasteiger partial charge >= 0.3 is 6.09 Å². The molecule has 0 radical (unpaired) electrons. The Bertz CT molecular complexity index is 992. The molecule has 0 bridgehead atoms. The number of methoxy groups -OCH3 is 1. The van der Waals surface area contributed by atoms with Gasteiger partial charge in [0, 0.05) is 13.1 Å². The molecule has 9 nitrogen and oxygen atoms in total. The minimum atomic E-state index is -3.66. The van der Waals surface area contributed by atoms with Crippen LogP contribution >= 0.6 is 11.3 Å². The monoisotopic (exact) mass is 454 g/mol. The number of rotatable bonds is 5. The molecular weight excluding hydrogens is 428 g/mol. The molecule has 1 aromatic heterocycles. The number of ether oxygens (including phenoxy) is 2. The van der Waals surface area contributed by atoms with Crippen molar-refractivity contribution in [3.63, 3.8) is 0 Å². The van der Waals surface area contributed by atoms with Gasteiger partial charge in [0.15, 0.2) is 5.01 Å². The number of likely N-dealkylation sites (tertiary alicyclic amines) is 1. The van der Waals surface area contributed by atoms with Crippen molar-refractivity contribution in [1.82, 2.24) is 15.1 Å². The van der Waals surface area contributed by atoms with E-state index in [9.17, 15) is 13.2 Å². The first-order valence-electron chi connectivity index (χ1n) is 9.55. The largest absolute Gasteiger partial charge is 0.496 e. The van der Waals surface area contributed by atoms with Crippen LogP contribution in [-0.2, 0) is 14.8 Å². The lowest BCUT2D eigenvalue weighted by atomic mass is 10.1. The number of carbonyl (C=O) groups excluding carboxylic acids is 1. The van der Waals surface area contributed by atoms with Crippen molar-refractivity contribution in [2.75, 3.05) is 24.9 Å². The summed E-state index contributed by atoms with van der Waals surface area (Å²) in [5.74, 6) is 0.637. The summed E-state index contributed by atoms with van der Waals surface area (Å²) in [6, 6.07) is 7.33. The minimum Gasteiger partial charge on any atom is -0.496 e. The Hall–Kier alpha value is -2.40. The molecule has 1 saturated heterocycles. The highest BCUT2D eigenvalue weighted by Crippen LogP contribution is 2.34. The molecule has 3 rings (SSSR count). The Morgan fingerprint density at radius 2 is 1.87 bits per heavy atom. The van der Waals surface area contributed by atoms with Gasteiger partial charge in [-0.25, -0.2) is 13.2 Å². The Balaban J connectivity index is 1.63. The molecule has 0 spiro atoms. The number of benzene rings is 1. The summed E-state index contributed by atoms with van der Waals surface area (Å²) in [4.78, 5) is 13.7. The summed E-state index contributed by atoms with van der Waals surface area (Å²) in [6.07, 6.45) is 0.233. The van der Waals surface area contributed by atoms with E-state index in [0.29, 0.717) is 36.7 Å².